The molecule has 1 amide bonds. The Labute approximate surface area is 225 Å². The van der Waals surface area contributed by atoms with Crippen LogP contribution < -0.4 is 19.9 Å². The van der Waals surface area contributed by atoms with Crippen LogP contribution in [0, 0.1) is 13.8 Å². The second kappa shape index (κ2) is 10.8. The smallest absolute Gasteiger partial charge is 0.295 e. The van der Waals surface area contributed by atoms with Crippen molar-refractivity contribution < 1.29 is 17.9 Å². The molecule has 0 radical (unpaired) electrons. The maximum Gasteiger partial charge on any atom is 0.295 e. The Hall–Kier alpha value is -4.02. The van der Waals surface area contributed by atoms with Crippen molar-refractivity contribution in [3.05, 3.63) is 99.4 Å². The Bertz CT molecular complexity index is 1650. The van der Waals surface area contributed by atoms with Crippen molar-refractivity contribution in [3.8, 4) is 11.4 Å². The molecule has 0 aliphatic rings. The van der Waals surface area contributed by atoms with Gasteiger partial charge in [-0.15, -0.1) is 0 Å². The third-order valence-electron chi connectivity index (χ3n) is 6.12. The molecule has 0 unspecified atom stereocenters. The molecule has 3 aromatic carbocycles. The topological polar surface area (TPSA) is 103 Å². The average molecular weight is 555 g/mol. The lowest BCUT2D eigenvalue weighted by Gasteiger charge is -2.25. The molecule has 38 heavy (non-hydrogen) atoms. The monoisotopic (exact) mass is 554 g/mol. The number of carbonyl (C=O) groups is 1. The number of para-hydroxylation sites is 1. The summed E-state index contributed by atoms with van der Waals surface area (Å²) in [5.41, 5.74) is 1.69. The van der Waals surface area contributed by atoms with Crippen LogP contribution in [0.3, 0.4) is 0 Å². The van der Waals surface area contributed by atoms with Gasteiger partial charge in [0.2, 0.25) is 5.91 Å². The van der Waals surface area contributed by atoms with Crippen molar-refractivity contribution in [3.63, 3.8) is 0 Å². The summed E-state index contributed by atoms with van der Waals surface area (Å²) in [6.07, 6.45) is 0. The number of aryl methyl sites for hydroxylation is 1. The normalized spacial score (nSPS) is 11.3. The first-order valence-corrected chi connectivity index (χ1v) is 13.4. The Morgan fingerprint density at radius 3 is 2.32 bits per heavy atom. The van der Waals surface area contributed by atoms with Crippen molar-refractivity contribution in [1.82, 2.24) is 9.36 Å². The standard InChI is InChI=1S/C27H27ClN4O5S/c1-18-10-13-22(14-11-18)38(35,36)31(23-16-20(28)12-15-24(23)37-4)17-25(33)29-26-19(2)30(3)32(27(26)34)21-8-6-5-7-9-21/h5-16H,17H2,1-4H3,(H,29,33). The molecular weight excluding hydrogens is 528 g/mol. The van der Waals surface area contributed by atoms with E-state index in [4.69, 9.17) is 16.3 Å². The van der Waals surface area contributed by atoms with Crippen LogP contribution in [0.25, 0.3) is 5.69 Å². The number of amides is 1. The molecule has 0 aliphatic carbocycles. The Balaban J connectivity index is 1.75. The molecular formula is C27H27ClN4O5S. The lowest BCUT2D eigenvalue weighted by molar-refractivity contribution is -0.114. The quantitative estimate of drug-likeness (QED) is 0.350. The molecule has 1 N–H and O–H groups in total. The Kier molecular flexibility index (Phi) is 7.66. The lowest BCUT2D eigenvalue weighted by atomic mass is 10.2. The van der Waals surface area contributed by atoms with Gasteiger partial charge in [0.25, 0.3) is 15.6 Å². The molecule has 0 spiro atoms. The minimum Gasteiger partial charge on any atom is -0.495 e. The summed E-state index contributed by atoms with van der Waals surface area (Å²) in [6, 6.07) is 19.7. The van der Waals surface area contributed by atoms with Crippen LogP contribution in [0.5, 0.6) is 5.75 Å². The number of aromatic nitrogens is 2. The summed E-state index contributed by atoms with van der Waals surface area (Å²) in [6.45, 7) is 2.90. The van der Waals surface area contributed by atoms with E-state index < -0.39 is 28.0 Å². The van der Waals surface area contributed by atoms with Gasteiger partial charge in [-0.2, -0.15) is 0 Å². The average Bonchev–Trinajstić information content (AvgIpc) is 3.10. The van der Waals surface area contributed by atoms with Crippen LogP contribution in [0.15, 0.2) is 82.5 Å². The van der Waals surface area contributed by atoms with E-state index in [9.17, 15) is 18.0 Å². The van der Waals surface area contributed by atoms with Crippen molar-refractivity contribution >= 4 is 38.9 Å². The van der Waals surface area contributed by atoms with Crippen LogP contribution in [0.4, 0.5) is 11.4 Å². The number of benzene rings is 3. The zero-order valence-corrected chi connectivity index (χ0v) is 22.9. The van der Waals surface area contributed by atoms with Crippen LogP contribution in [0.1, 0.15) is 11.3 Å². The van der Waals surface area contributed by atoms with Gasteiger partial charge in [-0.3, -0.25) is 18.6 Å². The van der Waals surface area contributed by atoms with Gasteiger partial charge in [-0.25, -0.2) is 13.1 Å². The van der Waals surface area contributed by atoms with E-state index in [0.29, 0.717) is 11.4 Å². The second-order valence-corrected chi connectivity index (χ2v) is 10.9. The van der Waals surface area contributed by atoms with Gasteiger partial charge >= 0.3 is 0 Å². The van der Waals surface area contributed by atoms with E-state index in [1.165, 1.54) is 36.1 Å². The SMILES string of the molecule is COc1ccc(Cl)cc1N(CC(=O)Nc1c(C)n(C)n(-c2ccccc2)c1=O)S(=O)(=O)c1ccc(C)cc1. The van der Waals surface area contributed by atoms with Gasteiger partial charge in [0.15, 0.2) is 0 Å². The number of carbonyl (C=O) groups excluding carboxylic acids is 1. The first-order chi connectivity index (χ1) is 18.0. The minimum atomic E-state index is -4.23. The van der Waals surface area contributed by atoms with Crippen molar-refractivity contribution in [2.24, 2.45) is 7.05 Å². The minimum absolute atomic E-state index is 0.0137. The molecule has 0 saturated carbocycles. The molecule has 0 atom stereocenters. The number of nitrogens with one attached hydrogen (secondary N) is 1. The van der Waals surface area contributed by atoms with Crippen molar-refractivity contribution in [2.75, 3.05) is 23.3 Å². The predicted molar refractivity (Wildman–Crippen MR) is 148 cm³/mol. The molecule has 9 nitrogen and oxygen atoms in total. The van der Waals surface area contributed by atoms with Crippen LogP contribution >= 0.6 is 11.6 Å². The molecule has 1 aromatic heterocycles. The highest BCUT2D eigenvalue weighted by atomic mass is 35.5. The maximum atomic E-state index is 13.8. The maximum absolute atomic E-state index is 13.8. The zero-order valence-electron chi connectivity index (χ0n) is 21.3. The number of nitrogens with zero attached hydrogens (tertiary/aromatic N) is 3. The second-order valence-electron chi connectivity index (χ2n) is 8.63. The van der Waals surface area contributed by atoms with Gasteiger partial charge in [-0.05, 0) is 56.3 Å². The number of methoxy groups -OCH3 is 1. The molecule has 0 saturated heterocycles. The molecule has 198 valence electrons. The molecule has 0 bridgehead atoms. The van der Waals surface area contributed by atoms with E-state index in [2.05, 4.69) is 5.32 Å². The van der Waals surface area contributed by atoms with Gasteiger partial charge in [0, 0.05) is 12.1 Å². The van der Waals surface area contributed by atoms with E-state index in [0.717, 1.165) is 9.87 Å². The highest BCUT2D eigenvalue weighted by Gasteiger charge is 2.30. The van der Waals surface area contributed by atoms with Crippen LogP contribution in [-0.2, 0) is 21.9 Å². The van der Waals surface area contributed by atoms with Gasteiger partial charge in [0.1, 0.15) is 18.0 Å². The number of ether oxygens (including phenoxy) is 1. The Morgan fingerprint density at radius 2 is 1.68 bits per heavy atom. The molecule has 11 heteroatoms. The zero-order chi connectivity index (χ0) is 27.6. The van der Waals surface area contributed by atoms with Crippen molar-refractivity contribution in [1.29, 1.82) is 0 Å². The van der Waals surface area contributed by atoms with E-state index in [1.54, 1.807) is 61.1 Å². The third-order valence-corrected chi connectivity index (χ3v) is 8.13. The summed E-state index contributed by atoms with van der Waals surface area (Å²) >= 11 is 6.20. The molecule has 0 aliphatic heterocycles. The molecule has 0 fully saturated rings. The van der Waals surface area contributed by atoms with Gasteiger partial charge in [-0.1, -0.05) is 47.5 Å². The number of anilines is 2. The highest BCUT2D eigenvalue weighted by molar-refractivity contribution is 7.92. The van der Waals surface area contributed by atoms with Crippen molar-refractivity contribution in [2.45, 2.75) is 18.7 Å². The fourth-order valence-electron chi connectivity index (χ4n) is 4.02. The summed E-state index contributed by atoms with van der Waals surface area (Å²) in [4.78, 5) is 26.6. The van der Waals surface area contributed by atoms with Crippen LogP contribution in [-0.4, -0.2) is 37.3 Å². The number of halogens is 1. The summed E-state index contributed by atoms with van der Waals surface area (Å²) < 4.78 is 36.9. The lowest BCUT2D eigenvalue weighted by Crippen LogP contribution is -2.39. The third kappa shape index (κ3) is 5.18. The van der Waals surface area contributed by atoms with Gasteiger partial charge < -0.3 is 10.1 Å². The first-order valence-electron chi connectivity index (χ1n) is 11.6. The van der Waals surface area contributed by atoms with E-state index >= 15 is 0 Å². The van der Waals surface area contributed by atoms with Gasteiger partial charge in [0.05, 0.1) is 29.1 Å². The highest BCUT2D eigenvalue weighted by Crippen LogP contribution is 2.35. The number of hydrogen-bond donors (Lipinski definition) is 1. The number of rotatable bonds is 8. The molecule has 4 rings (SSSR count). The molecule has 1 heterocycles. The fraction of sp³-hybridized carbons (Fsp3) is 0.185. The first kappa shape index (κ1) is 27.0. The fourth-order valence-corrected chi connectivity index (χ4v) is 5.61. The predicted octanol–water partition coefficient (Wildman–Crippen LogP) is 4.29. The number of sulfonamides is 1. The van der Waals surface area contributed by atoms with Crippen LogP contribution in [0.2, 0.25) is 5.02 Å². The van der Waals surface area contributed by atoms with E-state index in [-0.39, 0.29) is 27.0 Å². The van der Waals surface area contributed by atoms with E-state index in [1.807, 2.05) is 13.0 Å². The summed E-state index contributed by atoms with van der Waals surface area (Å²) in [5, 5.41) is 2.88. The summed E-state index contributed by atoms with van der Waals surface area (Å²) in [7, 11) is -1.14. The summed E-state index contributed by atoms with van der Waals surface area (Å²) in [5.74, 6) is -0.506. The molecule has 4 aromatic rings. The largest absolute Gasteiger partial charge is 0.495 e. The number of hydrogen-bond acceptors (Lipinski definition) is 5. The Morgan fingerprint density at radius 1 is 1.03 bits per heavy atom.